The summed E-state index contributed by atoms with van der Waals surface area (Å²) in [6.07, 6.45) is 3.26. The van der Waals surface area contributed by atoms with E-state index in [1.807, 2.05) is 37.3 Å². The summed E-state index contributed by atoms with van der Waals surface area (Å²) in [5, 5.41) is 2.99. The van der Waals surface area contributed by atoms with E-state index in [0.717, 1.165) is 19.3 Å². The van der Waals surface area contributed by atoms with Crippen molar-refractivity contribution in [3.05, 3.63) is 35.9 Å². The fraction of sp³-hybridized carbons (Fsp3) is 0.500. The van der Waals surface area contributed by atoms with Crippen LogP contribution >= 0.6 is 0 Å². The highest BCUT2D eigenvalue weighted by atomic mass is 16.1. The molecule has 0 heterocycles. The fourth-order valence-electron chi connectivity index (χ4n) is 1.75. The lowest BCUT2D eigenvalue weighted by atomic mass is 10.1. The summed E-state index contributed by atoms with van der Waals surface area (Å²) in [6.45, 7) is 2.71. The Morgan fingerprint density at radius 2 is 2.06 bits per heavy atom. The summed E-state index contributed by atoms with van der Waals surface area (Å²) in [5.41, 5.74) is 6.64. The molecule has 3 nitrogen and oxygen atoms in total. The van der Waals surface area contributed by atoms with Gasteiger partial charge in [0.2, 0.25) is 5.91 Å². The van der Waals surface area contributed by atoms with Gasteiger partial charge in [-0.15, -0.1) is 0 Å². The minimum atomic E-state index is 0.123. The lowest BCUT2D eigenvalue weighted by Crippen LogP contribution is -2.33. The zero-order chi connectivity index (χ0) is 12.5. The highest BCUT2D eigenvalue weighted by molar-refractivity contribution is 5.76. The van der Waals surface area contributed by atoms with Gasteiger partial charge in [0.15, 0.2) is 0 Å². The SMILES string of the molecule is CC(CCCN)NC(=O)CCc1ccccc1. The van der Waals surface area contributed by atoms with Crippen LogP contribution in [-0.4, -0.2) is 18.5 Å². The smallest absolute Gasteiger partial charge is 0.220 e. The normalized spacial score (nSPS) is 12.1. The molecule has 0 aromatic heterocycles. The molecule has 0 radical (unpaired) electrons. The van der Waals surface area contributed by atoms with E-state index in [9.17, 15) is 4.79 Å². The Morgan fingerprint density at radius 3 is 2.71 bits per heavy atom. The minimum Gasteiger partial charge on any atom is -0.354 e. The standard InChI is InChI=1S/C14H22N2O/c1-12(6-5-11-15)16-14(17)10-9-13-7-3-2-4-8-13/h2-4,7-8,12H,5-6,9-11,15H2,1H3,(H,16,17). The summed E-state index contributed by atoms with van der Waals surface area (Å²) >= 11 is 0. The number of carbonyl (C=O) groups excluding carboxylic acids is 1. The van der Waals surface area contributed by atoms with Gasteiger partial charge in [0.05, 0.1) is 0 Å². The highest BCUT2D eigenvalue weighted by Crippen LogP contribution is 2.03. The van der Waals surface area contributed by atoms with Crippen molar-refractivity contribution < 1.29 is 4.79 Å². The summed E-state index contributed by atoms with van der Waals surface area (Å²) in [5.74, 6) is 0.123. The van der Waals surface area contributed by atoms with Crippen LogP contribution in [0.2, 0.25) is 0 Å². The topological polar surface area (TPSA) is 55.1 Å². The van der Waals surface area contributed by atoms with Crippen LogP contribution < -0.4 is 11.1 Å². The first kappa shape index (κ1) is 13.7. The van der Waals surface area contributed by atoms with Crippen LogP contribution in [0.5, 0.6) is 0 Å². The molecule has 1 amide bonds. The first-order valence-electron chi connectivity index (χ1n) is 6.25. The zero-order valence-electron chi connectivity index (χ0n) is 10.5. The van der Waals surface area contributed by atoms with Gasteiger partial charge in [-0.05, 0) is 38.3 Å². The Morgan fingerprint density at radius 1 is 1.35 bits per heavy atom. The zero-order valence-corrected chi connectivity index (χ0v) is 10.5. The number of carbonyl (C=O) groups is 1. The van der Waals surface area contributed by atoms with E-state index < -0.39 is 0 Å². The summed E-state index contributed by atoms with van der Waals surface area (Å²) in [7, 11) is 0. The number of aryl methyl sites for hydroxylation is 1. The predicted molar refractivity (Wildman–Crippen MR) is 70.7 cm³/mol. The van der Waals surface area contributed by atoms with Gasteiger partial charge in [0, 0.05) is 12.5 Å². The van der Waals surface area contributed by atoms with E-state index >= 15 is 0 Å². The van der Waals surface area contributed by atoms with Crippen LogP contribution in [0.25, 0.3) is 0 Å². The average Bonchev–Trinajstić information content (AvgIpc) is 2.35. The highest BCUT2D eigenvalue weighted by Gasteiger charge is 2.06. The molecule has 1 rings (SSSR count). The molecule has 0 fully saturated rings. The Labute approximate surface area is 103 Å². The molecule has 3 N–H and O–H groups in total. The van der Waals surface area contributed by atoms with Gasteiger partial charge in [0.1, 0.15) is 0 Å². The molecule has 94 valence electrons. The third-order valence-electron chi connectivity index (χ3n) is 2.73. The monoisotopic (exact) mass is 234 g/mol. The lowest BCUT2D eigenvalue weighted by molar-refractivity contribution is -0.121. The second-order valence-corrected chi connectivity index (χ2v) is 4.39. The number of rotatable bonds is 7. The molecule has 0 saturated heterocycles. The van der Waals surface area contributed by atoms with E-state index in [-0.39, 0.29) is 11.9 Å². The van der Waals surface area contributed by atoms with Gasteiger partial charge in [0.25, 0.3) is 0 Å². The second kappa shape index (κ2) is 7.85. The molecule has 1 aromatic rings. The summed E-state index contributed by atoms with van der Waals surface area (Å²) < 4.78 is 0. The van der Waals surface area contributed by atoms with E-state index in [0.29, 0.717) is 13.0 Å². The van der Waals surface area contributed by atoms with Crippen molar-refractivity contribution in [3.63, 3.8) is 0 Å². The minimum absolute atomic E-state index is 0.123. The van der Waals surface area contributed by atoms with Crippen molar-refractivity contribution in [1.29, 1.82) is 0 Å². The number of benzene rings is 1. The number of nitrogens with two attached hydrogens (primary N) is 1. The van der Waals surface area contributed by atoms with Gasteiger partial charge in [-0.1, -0.05) is 30.3 Å². The molecular weight excluding hydrogens is 212 g/mol. The number of hydrogen-bond donors (Lipinski definition) is 2. The average molecular weight is 234 g/mol. The van der Waals surface area contributed by atoms with Gasteiger partial charge in [-0.3, -0.25) is 4.79 Å². The molecule has 1 aromatic carbocycles. The van der Waals surface area contributed by atoms with Crippen molar-refractivity contribution in [2.24, 2.45) is 5.73 Å². The Kier molecular flexibility index (Phi) is 6.33. The third kappa shape index (κ3) is 6.07. The van der Waals surface area contributed by atoms with E-state index in [1.54, 1.807) is 0 Å². The predicted octanol–water partition coefficient (Wildman–Crippen LogP) is 1.86. The Bertz CT molecular complexity index is 324. The molecule has 0 spiro atoms. The van der Waals surface area contributed by atoms with Crippen LogP contribution in [0.4, 0.5) is 0 Å². The molecule has 1 atom stereocenters. The van der Waals surface area contributed by atoms with Gasteiger partial charge < -0.3 is 11.1 Å². The largest absolute Gasteiger partial charge is 0.354 e. The van der Waals surface area contributed by atoms with Crippen molar-refractivity contribution in [2.45, 2.75) is 38.6 Å². The lowest BCUT2D eigenvalue weighted by Gasteiger charge is -2.13. The number of amides is 1. The van der Waals surface area contributed by atoms with Crippen LogP contribution in [0.3, 0.4) is 0 Å². The van der Waals surface area contributed by atoms with E-state index in [1.165, 1.54) is 5.56 Å². The summed E-state index contributed by atoms with van der Waals surface area (Å²) in [6, 6.07) is 10.3. The third-order valence-corrected chi connectivity index (χ3v) is 2.73. The molecule has 0 aliphatic carbocycles. The van der Waals surface area contributed by atoms with Crippen LogP contribution in [0.15, 0.2) is 30.3 Å². The van der Waals surface area contributed by atoms with Gasteiger partial charge in [-0.25, -0.2) is 0 Å². The molecule has 1 unspecified atom stereocenters. The number of hydrogen-bond acceptors (Lipinski definition) is 2. The molecular formula is C14H22N2O. The van der Waals surface area contributed by atoms with Gasteiger partial charge >= 0.3 is 0 Å². The van der Waals surface area contributed by atoms with E-state index in [4.69, 9.17) is 5.73 Å². The quantitative estimate of drug-likeness (QED) is 0.756. The van der Waals surface area contributed by atoms with Crippen LogP contribution in [0.1, 0.15) is 31.7 Å². The number of nitrogens with one attached hydrogen (secondary N) is 1. The van der Waals surface area contributed by atoms with Crippen molar-refractivity contribution >= 4 is 5.91 Å². The molecule has 3 heteroatoms. The maximum absolute atomic E-state index is 11.6. The summed E-state index contributed by atoms with van der Waals surface area (Å²) in [4.78, 5) is 11.6. The molecule has 17 heavy (non-hydrogen) atoms. The Hall–Kier alpha value is -1.35. The van der Waals surface area contributed by atoms with Crippen LogP contribution in [-0.2, 0) is 11.2 Å². The van der Waals surface area contributed by atoms with Crippen molar-refractivity contribution in [2.75, 3.05) is 6.54 Å². The van der Waals surface area contributed by atoms with Crippen molar-refractivity contribution in [3.8, 4) is 0 Å². The van der Waals surface area contributed by atoms with Gasteiger partial charge in [-0.2, -0.15) is 0 Å². The molecule has 0 aliphatic heterocycles. The first-order valence-corrected chi connectivity index (χ1v) is 6.25. The first-order chi connectivity index (χ1) is 8.22. The molecule has 0 saturated carbocycles. The fourth-order valence-corrected chi connectivity index (χ4v) is 1.75. The Balaban J connectivity index is 2.21. The maximum Gasteiger partial charge on any atom is 0.220 e. The van der Waals surface area contributed by atoms with Crippen LogP contribution in [0, 0.1) is 0 Å². The second-order valence-electron chi connectivity index (χ2n) is 4.39. The molecule has 0 aliphatic rings. The maximum atomic E-state index is 11.6. The van der Waals surface area contributed by atoms with E-state index in [2.05, 4.69) is 5.32 Å². The van der Waals surface area contributed by atoms with Crippen molar-refractivity contribution in [1.82, 2.24) is 5.32 Å². The molecule has 0 bridgehead atoms.